The number of aliphatic hydroxyl groups is 1. The third kappa shape index (κ3) is 19.8. The van der Waals surface area contributed by atoms with Gasteiger partial charge in [-0.3, -0.25) is 10.1 Å². The number of rotatable bonds is 35. The third-order valence-electron chi connectivity index (χ3n) is 10.5. The largest absolute Gasteiger partial charge is 0.493 e. The van der Waals surface area contributed by atoms with Gasteiger partial charge < -0.3 is 38.3 Å². The van der Waals surface area contributed by atoms with Crippen molar-refractivity contribution in [1.82, 2.24) is 0 Å². The fourth-order valence-electron chi connectivity index (χ4n) is 6.97. The Bertz CT molecular complexity index is 1740. The highest BCUT2D eigenvalue weighted by atomic mass is 16.6. The van der Waals surface area contributed by atoms with E-state index in [1.807, 2.05) is 54.6 Å². The van der Waals surface area contributed by atoms with E-state index >= 15 is 0 Å². The molecular weight excluding hydrogens is 799 g/mol. The Morgan fingerprint density at radius 1 is 0.413 bits per heavy atom. The van der Waals surface area contributed by atoms with Gasteiger partial charge >= 0.3 is 0 Å². The van der Waals surface area contributed by atoms with E-state index < -0.39 is 11.5 Å². The average molecular weight is 872 g/mol. The van der Waals surface area contributed by atoms with Crippen molar-refractivity contribution in [3.05, 3.63) is 105 Å². The highest BCUT2D eigenvalue weighted by molar-refractivity contribution is 5.46. The summed E-state index contributed by atoms with van der Waals surface area (Å²) in [4.78, 5) is 11.0. The lowest BCUT2D eigenvalue weighted by atomic mass is 10.1. The summed E-state index contributed by atoms with van der Waals surface area (Å²) >= 11 is 0. The summed E-state index contributed by atoms with van der Waals surface area (Å²) in [6.07, 6.45) is 17.9. The second kappa shape index (κ2) is 30.0. The molecule has 0 radical (unpaired) electrons. The van der Waals surface area contributed by atoms with Crippen LogP contribution < -0.4 is 33.2 Å². The number of unbranched alkanes of at least 4 members (excludes halogenated alkanes) is 12. The highest BCUT2D eigenvalue weighted by Crippen LogP contribution is 2.31. The second-order valence-corrected chi connectivity index (χ2v) is 16.1. The van der Waals surface area contributed by atoms with Gasteiger partial charge in [0.25, 0.3) is 5.69 Å². The number of nitro groups is 1. The summed E-state index contributed by atoms with van der Waals surface area (Å²) in [7, 11) is 0. The number of nitrogens with zero attached hydrogens (tertiary/aromatic N) is 1. The summed E-state index contributed by atoms with van der Waals surface area (Å²) in [6, 6.07) is 21.9. The van der Waals surface area contributed by atoms with Gasteiger partial charge in [0.15, 0.2) is 0 Å². The average Bonchev–Trinajstić information content (AvgIpc) is 3.29. The molecule has 0 aliphatic rings. The molecule has 346 valence electrons. The van der Waals surface area contributed by atoms with Crippen LogP contribution in [0.4, 0.5) is 5.69 Å². The zero-order valence-electron chi connectivity index (χ0n) is 38.5. The monoisotopic (exact) mass is 872 g/mol. The first-order valence-electron chi connectivity index (χ1n) is 23.5. The summed E-state index contributed by atoms with van der Waals surface area (Å²) in [6.45, 7) is 11.5. The SMILES string of the molecule is CCCCCCOc1cc(COc2cc(COc3ccc([N+](=O)[O-])c(CO)c3)cc(OCc3cc(OCCCCCC)cc(OCCCCCC)c3)c2)cc(OCCCCCC)c1. The molecule has 0 amide bonds. The number of aliphatic hydroxyl groups excluding tert-OH is 1. The Balaban J connectivity index is 1.57. The number of benzene rings is 4. The molecule has 0 aliphatic heterocycles. The number of ether oxygens (including phenoxy) is 7. The Morgan fingerprint density at radius 2 is 0.730 bits per heavy atom. The zero-order chi connectivity index (χ0) is 44.9. The summed E-state index contributed by atoms with van der Waals surface area (Å²) < 4.78 is 43.9. The van der Waals surface area contributed by atoms with Crippen molar-refractivity contribution in [2.75, 3.05) is 26.4 Å². The van der Waals surface area contributed by atoms with Gasteiger partial charge in [-0.05, 0) is 90.9 Å². The summed E-state index contributed by atoms with van der Waals surface area (Å²) in [5.74, 6) is 4.54. The van der Waals surface area contributed by atoms with Crippen LogP contribution in [-0.2, 0) is 26.4 Å². The lowest BCUT2D eigenvalue weighted by Gasteiger charge is -2.16. The van der Waals surface area contributed by atoms with Crippen molar-refractivity contribution in [2.24, 2.45) is 0 Å². The maximum absolute atomic E-state index is 11.5. The van der Waals surface area contributed by atoms with Gasteiger partial charge in [-0.2, -0.15) is 0 Å². The standard InChI is InChI=1S/C52H73NO10/c1-5-9-13-17-23-57-46-27-41(28-47(34-46)58-24-18-14-10-6-2)39-62-50-31-43(38-61-45-21-22-52(53(55)56)44(33-45)37-54)32-51(36-50)63-40-42-29-48(59-25-19-15-11-7-3)35-49(30-42)60-26-20-16-12-8-4/h21-22,27-36,54H,5-20,23-26,37-40H2,1-4H3. The van der Waals surface area contributed by atoms with Gasteiger partial charge in [-0.25, -0.2) is 0 Å². The van der Waals surface area contributed by atoms with Gasteiger partial charge in [0.1, 0.15) is 60.1 Å². The second-order valence-electron chi connectivity index (χ2n) is 16.1. The minimum Gasteiger partial charge on any atom is -0.493 e. The third-order valence-corrected chi connectivity index (χ3v) is 10.5. The molecule has 0 saturated carbocycles. The van der Waals surface area contributed by atoms with Crippen LogP contribution in [0.2, 0.25) is 0 Å². The Morgan fingerprint density at radius 3 is 1.03 bits per heavy atom. The molecule has 11 nitrogen and oxygen atoms in total. The van der Waals surface area contributed by atoms with Crippen LogP contribution in [0.25, 0.3) is 0 Å². The quantitative estimate of drug-likeness (QED) is 0.0271. The molecule has 0 spiro atoms. The first kappa shape index (κ1) is 50.5. The van der Waals surface area contributed by atoms with Crippen LogP contribution in [0.1, 0.15) is 153 Å². The van der Waals surface area contributed by atoms with Crippen LogP contribution in [0.15, 0.2) is 72.8 Å². The van der Waals surface area contributed by atoms with Gasteiger partial charge in [0.05, 0.1) is 43.5 Å². The van der Waals surface area contributed by atoms with E-state index in [9.17, 15) is 15.2 Å². The van der Waals surface area contributed by atoms with Crippen molar-refractivity contribution >= 4 is 5.69 Å². The van der Waals surface area contributed by atoms with Crippen LogP contribution in [0.5, 0.6) is 40.2 Å². The zero-order valence-corrected chi connectivity index (χ0v) is 38.5. The number of nitro benzene ring substituents is 1. The van der Waals surface area contributed by atoms with Crippen LogP contribution in [0, 0.1) is 10.1 Å². The number of hydrogen-bond donors (Lipinski definition) is 1. The molecule has 1 N–H and O–H groups in total. The predicted octanol–water partition coefficient (Wildman–Crippen LogP) is 13.7. The minimum absolute atomic E-state index is 0.116. The van der Waals surface area contributed by atoms with Crippen molar-refractivity contribution in [1.29, 1.82) is 0 Å². The van der Waals surface area contributed by atoms with Crippen molar-refractivity contribution in [3.8, 4) is 40.2 Å². The molecule has 11 heteroatoms. The molecule has 0 unspecified atom stereocenters. The van der Waals surface area contributed by atoms with Crippen LogP contribution in [-0.4, -0.2) is 36.5 Å². The van der Waals surface area contributed by atoms with Crippen molar-refractivity contribution < 1.29 is 43.2 Å². The van der Waals surface area contributed by atoms with Gasteiger partial charge in [-0.15, -0.1) is 0 Å². The van der Waals surface area contributed by atoms with E-state index in [4.69, 9.17) is 33.2 Å². The Kier molecular flexibility index (Phi) is 24.1. The van der Waals surface area contributed by atoms with Crippen molar-refractivity contribution in [3.63, 3.8) is 0 Å². The molecule has 63 heavy (non-hydrogen) atoms. The minimum atomic E-state index is -0.518. The molecule has 0 bridgehead atoms. The van der Waals surface area contributed by atoms with E-state index in [0.29, 0.717) is 43.7 Å². The molecule has 0 saturated heterocycles. The fraction of sp³-hybridized carbons (Fsp3) is 0.538. The molecule has 4 aromatic rings. The van der Waals surface area contributed by atoms with Gasteiger partial charge in [0, 0.05) is 24.3 Å². The fourth-order valence-corrected chi connectivity index (χ4v) is 6.97. The van der Waals surface area contributed by atoms with E-state index in [-0.39, 0.29) is 31.1 Å². The normalized spacial score (nSPS) is 11.0. The molecule has 4 aromatic carbocycles. The Hall–Kier alpha value is -5.16. The molecule has 0 aliphatic carbocycles. The van der Waals surface area contributed by atoms with E-state index in [1.165, 1.54) is 69.6 Å². The molecule has 4 rings (SSSR count). The van der Waals surface area contributed by atoms with Crippen LogP contribution in [0.3, 0.4) is 0 Å². The van der Waals surface area contributed by atoms with E-state index in [2.05, 4.69) is 27.7 Å². The predicted molar refractivity (Wildman–Crippen MR) is 250 cm³/mol. The molecule has 0 atom stereocenters. The first-order valence-corrected chi connectivity index (χ1v) is 23.5. The number of hydrogen-bond acceptors (Lipinski definition) is 10. The van der Waals surface area contributed by atoms with Gasteiger partial charge in [0.2, 0.25) is 0 Å². The molecular formula is C52H73NO10. The molecule has 0 heterocycles. The van der Waals surface area contributed by atoms with E-state index in [0.717, 1.165) is 91.1 Å². The van der Waals surface area contributed by atoms with Crippen LogP contribution >= 0.6 is 0 Å². The Labute approximate surface area is 376 Å². The summed E-state index contributed by atoms with van der Waals surface area (Å²) in [5.41, 5.74) is 2.58. The topological polar surface area (TPSA) is 128 Å². The summed E-state index contributed by atoms with van der Waals surface area (Å²) in [5, 5.41) is 21.3. The van der Waals surface area contributed by atoms with Gasteiger partial charge in [-0.1, -0.05) is 105 Å². The smallest absolute Gasteiger partial charge is 0.275 e. The van der Waals surface area contributed by atoms with Crippen molar-refractivity contribution in [2.45, 2.75) is 157 Å². The lowest BCUT2D eigenvalue weighted by molar-refractivity contribution is -0.385. The highest BCUT2D eigenvalue weighted by Gasteiger charge is 2.15. The maximum atomic E-state index is 11.5. The maximum Gasteiger partial charge on any atom is 0.275 e. The first-order chi connectivity index (χ1) is 30.8. The lowest BCUT2D eigenvalue weighted by Crippen LogP contribution is -2.04. The molecule has 0 aromatic heterocycles. The molecule has 0 fully saturated rings. The van der Waals surface area contributed by atoms with E-state index in [1.54, 1.807) is 0 Å².